The number of nitrogens with zero attached hydrogens (tertiary/aromatic N) is 4. The molecule has 6 rings (SSSR count). The molecule has 0 radical (unpaired) electrons. The molecule has 4 heterocycles. The molecule has 33 heavy (non-hydrogen) atoms. The highest BCUT2D eigenvalue weighted by Gasteiger charge is 2.35. The molecule has 168 valence electrons. The summed E-state index contributed by atoms with van der Waals surface area (Å²) in [6.45, 7) is 3.49. The lowest BCUT2D eigenvalue weighted by Crippen LogP contribution is -2.38. The van der Waals surface area contributed by atoms with Gasteiger partial charge in [0.05, 0.1) is 23.1 Å². The zero-order chi connectivity index (χ0) is 22.5. The van der Waals surface area contributed by atoms with Gasteiger partial charge >= 0.3 is 0 Å². The summed E-state index contributed by atoms with van der Waals surface area (Å²) in [6.07, 6.45) is 9.75. The highest BCUT2D eigenvalue weighted by molar-refractivity contribution is 6.31. The number of aromatic amines is 1. The average Bonchev–Trinajstić information content (AvgIpc) is 3.44. The molecule has 6 nitrogen and oxygen atoms in total. The van der Waals surface area contributed by atoms with Gasteiger partial charge in [-0.15, -0.1) is 0 Å². The van der Waals surface area contributed by atoms with Gasteiger partial charge in [-0.2, -0.15) is 5.10 Å². The van der Waals surface area contributed by atoms with Crippen molar-refractivity contribution in [2.45, 2.75) is 44.4 Å². The first-order valence-corrected chi connectivity index (χ1v) is 12.0. The number of halogens is 1. The minimum atomic E-state index is 0.0976. The number of hydrogen-bond donors (Lipinski definition) is 1. The van der Waals surface area contributed by atoms with E-state index in [2.05, 4.69) is 27.3 Å². The van der Waals surface area contributed by atoms with Crippen LogP contribution in [-0.2, 0) is 0 Å². The number of carbonyl (C=O) groups excluding carboxylic acids is 1. The summed E-state index contributed by atoms with van der Waals surface area (Å²) in [7, 11) is 0. The van der Waals surface area contributed by atoms with E-state index < -0.39 is 0 Å². The van der Waals surface area contributed by atoms with E-state index in [1.165, 1.54) is 10.9 Å². The quantitative estimate of drug-likeness (QED) is 0.431. The Bertz CT molecular complexity index is 1340. The zero-order valence-electron chi connectivity index (χ0n) is 18.6. The van der Waals surface area contributed by atoms with Crippen LogP contribution < -0.4 is 0 Å². The first kappa shape index (κ1) is 20.5. The number of hydrogen-bond acceptors (Lipinski definition) is 3. The monoisotopic (exact) mass is 459 g/mol. The van der Waals surface area contributed by atoms with Gasteiger partial charge in [0.2, 0.25) is 0 Å². The molecule has 2 aliphatic rings. The Balaban J connectivity index is 1.23. The third-order valence-electron chi connectivity index (χ3n) is 7.11. The molecule has 1 saturated carbocycles. The first-order valence-electron chi connectivity index (χ1n) is 11.7. The third-order valence-corrected chi connectivity index (χ3v) is 7.51. The smallest absolute Gasteiger partial charge is 0.257 e. The van der Waals surface area contributed by atoms with Gasteiger partial charge in [-0.25, -0.2) is 9.67 Å². The second-order valence-electron chi connectivity index (χ2n) is 9.27. The van der Waals surface area contributed by atoms with E-state index in [0.717, 1.165) is 66.9 Å². The van der Waals surface area contributed by atoms with Crippen molar-refractivity contribution in [1.82, 2.24) is 24.6 Å². The Hall–Kier alpha value is -3.12. The number of benzene rings is 1. The van der Waals surface area contributed by atoms with E-state index in [4.69, 9.17) is 11.6 Å². The molecular formula is C26H26ClN5O. The summed E-state index contributed by atoms with van der Waals surface area (Å²) in [5.74, 6) is 0.926. The van der Waals surface area contributed by atoms with Crippen LogP contribution >= 0.6 is 11.6 Å². The molecule has 4 aromatic rings. The predicted octanol–water partition coefficient (Wildman–Crippen LogP) is 5.61. The van der Waals surface area contributed by atoms with Crippen molar-refractivity contribution in [2.24, 2.45) is 0 Å². The van der Waals surface area contributed by atoms with Crippen LogP contribution in [0.5, 0.6) is 0 Å². The summed E-state index contributed by atoms with van der Waals surface area (Å²) < 4.78 is 1.92. The Morgan fingerprint density at radius 1 is 1.12 bits per heavy atom. The van der Waals surface area contributed by atoms with E-state index in [1.54, 1.807) is 6.20 Å². The highest BCUT2D eigenvalue weighted by atomic mass is 35.5. The molecule has 2 fully saturated rings. The Morgan fingerprint density at radius 2 is 1.94 bits per heavy atom. The second-order valence-corrected chi connectivity index (χ2v) is 9.68. The molecule has 1 saturated heterocycles. The summed E-state index contributed by atoms with van der Waals surface area (Å²) in [5.41, 5.74) is 5.97. The SMILES string of the molecule is Cc1ccc(-n2ncc(C(=O)N3CCC(c4c[nH]c5ncccc45)CC3)c2C2CC2)cc1Cl. The normalized spacial score (nSPS) is 17.1. The van der Waals surface area contributed by atoms with E-state index in [0.29, 0.717) is 16.9 Å². The lowest BCUT2D eigenvalue weighted by Gasteiger charge is -2.32. The first-order chi connectivity index (χ1) is 16.1. The van der Waals surface area contributed by atoms with Crippen molar-refractivity contribution in [2.75, 3.05) is 13.1 Å². The molecule has 7 heteroatoms. The maximum atomic E-state index is 13.6. The van der Waals surface area contributed by atoms with Crippen molar-refractivity contribution >= 4 is 28.5 Å². The van der Waals surface area contributed by atoms with Gasteiger partial charge in [0.15, 0.2) is 0 Å². The Morgan fingerprint density at radius 3 is 2.70 bits per heavy atom. The number of amides is 1. The van der Waals surface area contributed by atoms with Crippen LogP contribution in [-0.4, -0.2) is 43.6 Å². The summed E-state index contributed by atoms with van der Waals surface area (Å²) >= 11 is 6.37. The fourth-order valence-electron chi connectivity index (χ4n) is 5.07. The number of likely N-dealkylation sites (tertiary alicyclic amines) is 1. The van der Waals surface area contributed by atoms with Crippen LogP contribution in [0.4, 0.5) is 0 Å². The number of aromatic nitrogens is 4. The van der Waals surface area contributed by atoms with Gasteiger partial charge < -0.3 is 9.88 Å². The maximum absolute atomic E-state index is 13.6. The van der Waals surface area contributed by atoms with Crippen LogP contribution in [0.3, 0.4) is 0 Å². The van der Waals surface area contributed by atoms with E-state index in [9.17, 15) is 4.79 Å². The Kier molecular flexibility index (Phi) is 4.98. The van der Waals surface area contributed by atoms with Crippen molar-refractivity contribution in [3.8, 4) is 5.69 Å². The largest absolute Gasteiger partial charge is 0.346 e. The standard InChI is InChI=1S/C26H26ClN5O/c1-16-4-7-19(13-23(16)27)32-24(18-5-6-18)22(15-30-32)26(33)31-11-8-17(9-12-31)21-14-29-25-20(21)3-2-10-28-25/h2-4,7,10,13-15,17-18H,5-6,8-9,11-12H2,1H3,(H,28,29). The number of carbonyl (C=O) groups is 1. The highest BCUT2D eigenvalue weighted by Crippen LogP contribution is 2.43. The molecule has 0 bridgehead atoms. The molecule has 1 N–H and O–H groups in total. The molecule has 1 aliphatic carbocycles. The summed E-state index contributed by atoms with van der Waals surface area (Å²) in [5, 5.41) is 6.53. The summed E-state index contributed by atoms with van der Waals surface area (Å²) in [6, 6.07) is 10.1. The average molecular weight is 460 g/mol. The van der Waals surface area contributed by atoms with Crippen LogP contribution in [0.2, 0.25) is 5.02 Å². The van der Waals surface area contributed by atoms with Gasteiger partial charge in [0.25, 0.3) is 5.91 Å². The van der Waals surface area contributed by atoms with Crippen molar-refractivity contribution < 1.29 is 4.79 Å². The van der Waals surface area contributed by atoms with E-state index >= 15 is 0 Å². The van der Waals surface area contributed by atoms with Crippen LogP contribution in [0.1, 0.15) is 64.7 Å². The van der Waals surface area contributed by atoms with E-state index in [1.807, 2.05) is 47.0 Å². The van der Waals surface area contributed by atoms with Gasteiger partial charge in [-0.05, 0) is 73.9 Å². The van der Waals surface area contributed by atoms with Gasteiger partial charge in [-0.1, -0.05) is 17.7 Å². The number of piperidine rings is 1. The number of aryl methyl sites for hydroxylation is 1. The van der Waals surface area contributed by atoms with Crippen molar-refractivity contribution in [3.63, 3.8) is 0 Å². The van der Waals surface area contributed by atoms with Gasteiger partial charge in [-0.3, -0.25) is 4.79 Å². The number of fused-ring (bicyclic) bond motifs is 1. The molecule has 1 amide bonds. The fourth-order valence-corrected chi connectivity index (χ4v) is 5.25. The summed E-state index contributed by atoms with van der Waals surface area (Å²) in [4.78, 5) is 23.3. The number of rotatable bonds is 4. The molecule has 0 atom stereocenters. The van der Waals surface area contributed by atoms with E-state index in [-0.39, 0.29) is 5.91 Å². The fraction of sp³-hybridized carbons (Fsp3) is 0.346. The van der Waals surface area contributed by atoms with Crippen molar-refractivity contribution in [3.05, 3.63) is 76.3 Å². The molecule has 3 aromatic heterocycles. The lowest BCUT2D eigenvalue weighted by atomic mass is 9.89. The number of pyridine rings is 1. The molecule has 1 aliphatic heterocycles. The van der Waals surface area contributed by atoms with Crippen LogP contribution in [0.15, 0.2) is 48.9 Å². The third kappa shape index (κ3) is 3.62. The maximum Gasteiger partial charge on any atom is 0.257 e. The number of nitrogens with one attached hydrogen (secondary N) is 1. The van der Waals surface area contributed by atoms with Crippen LogP contribution in [0, 0.1) is 6.92 Å². The molecule has 0 spiro atoms. The van der Waals surface area contributed by atoms with Crippen molar-refractivity contribution in [1.29, 1.82) is 0 Å². The molecule has 1 aromatic carbocycles. The van der Waals surface area contributed by atoms with Gasteiger partial charge in [0, 0.05) is 41.8 Å². The lowest BCUT2D eigenvalue weighted by molar-refractivity contribution is 0.0712. The minimum absolute atomic E-state index is 0.0976. The number of H-pyrrole nitrogens is 1. The van der Waals surface area contributed by atoms with Gasteiger partial charge in [0.1, 0.15) is 5.65 Å². The van der Waals surface area contributed by atoms with Crippen LogP contribution in [0.25, 0.3) is 16.7 Å². The zero-order valence-corrected chi connectivity index (χ0v) is 19.3. The molecule has 0 unspecified atom stereocenters. The topological polar surface area (TPSA) is 66.8 Å². The second kappa shape index (κ2) is 8.03. The molecular weight excluding hydrogens is 434 g/mol. The Labute approximate surface area is 197 Å². The minimum Gasteiger partial charge on any atom is -0.346 e. The predicted molar refractivity (Wildman–Crippen MR) is 129 cm³/mol.